The van der Waals surface area contributed by atoms with E-state index in [1.807, 2.05) is 16.7 Å². The molecule has 0 spiro atoms. The van der Waals surface area contributed by atoms with Crippen molar-refractivity contribution < 1.29 is 14.7 Å². The van der Waals surface area contributed by atoms with Crippen molar-refractivity contribution in [3.8, 4) is 0 Å². The van der Waals surface area contributed by atoms with Crippen LogP contribution in [0, 0.1) is 18.8 Å². The van der Waals surface area contributed by atoms with Gasteiger partial charge < -0.3 is 14.9 Å². The summed E-state index contributed by atoms with van der Waals surface area (Å²) in [5.74, 6) is 1.04. The van der Waals surface area contributed by atoms with Crippen LogP contribution in [0.25, 0.3) is 0 Å². The molecule has 0 saturated carbocycles. The number of aliphatic hydroxyl groups is 1. The van der Waals surface area contributed by atoms with E-state index in [1.165, 1.54) is 11.3 Å². The monoisotopic (exact) mass is 391 g/mol. The van der Waals surface area contributed by atoms with Crippen molar-refractivity contribution in [2.45, 2.75) is 64.5 Å². The van der Waals surface area contributed by atoms with Crippen molar-refractivity contribution in [1.82, 2.24) is 14.8 Å². The smallest absolute Gasteiger partial charge is 0.265 e. The summed E-state index contributed by atoms with van der Waals surface area (Å²) in [6, 6.07) is 0.0208. The first-order valence-corrected chi connectivity index (χ1v) is 10.9. The normalized spacial score (nSPS) is 30.6. The topological polar surface area (TPSA) is 73.7 Å². The molecule has 2 amide bonds. The molecule has 1 N–H and O–H groups in total. The van der Waals surface area contributed by atoms with E-state index < -0.39 is 0 Å². The molecule has 4 heterocycles. The lowest BCUT2D eigenvalue weighted by Crippen LogP contribution is -2.66. The van der Waals surface area contributed by atoms with Crippen LogP contribution in [-0.2, 0) is 4.79 Å². The van der Waals surface area contributed by atoms with Crippen LogP contribution in [0.1, 0.15) is 65.8 Å². The Morgan fingerprint density at radius 1 is 1.33 bits per heavy atom. The Morgan fingerprint density at radius 3 is 2.74 bits per heavy atom. The Hall–Kier alpha value is -1.47. The fourth-order valence-electron chi connectivity index (χ4n) is 5.18. The molecule has 6 nitrogen and oxygen atoms in total. The molecule has 0 unspecified atom stereocenters. The molecule has 4 atom stereocenters. The van der Waals surface area contributed by atoms with Crippen LogP contribution < -0.4 is 0 Å². The van der Waals surface area contributed by atoms with Gasteiger partial charge in [-0.1, -0.05) is 13.8 Å². The van der Waals surface area contributed by atoms with Gasteiger partial charge in [-0.25, -0.2) is 4.98 Å². The Morgan fingerprint density at radius 2 is 2.07 bits per heavy atom. The number of amides is 2. The lowest BCUT2D eigenvalue weighted by atomic mass is 9.72. The van der Waals surface area contributed by atoms with Gasteiger partial charge in [-0.2, -0.15) is 0 Å². The second-order valence-electron chi connectivity index (χ2n) is 8.60. The highest BCUT2D eigenvalue weighted by atomic mass is 32.1. The molecular weight excluding hydrogens is 362 g/mol. The molecule has 0 aliphatic carbocycles. The minimum atomic E-state index is -0.150. The molecule has 0 radical (unpaired) electrons. The summed E-state index contributed by atoms with van der Waals surface area (Å²) in [6.07, 6.45) is 3.49. The maximum Gasteiger partial charge on any atom is 0.265 e. The van der Waals surface area contributed by atoms with Crippen LogP contribution in [-0.4, -0.2) is 63.5 Å². The molecule has 4 rings (SSSR count). The van der Waals surface area contributed by atoms with Crippen molar-refractivity contribution in [3.05, 3.63) is 15.6 Å². The van der Waals surface area contributed by atoms with Crippen molar-refractivity contribution in [1.29, 1.82) is 0 Å². The van der Waals surface area contributed by atoms with Crippen molar-refractivity contribution >= 4 is 23.2 Å². The first-order valence-electron chi connectivity index (χ1n) is 10.1. The highest BCUT2D eigenvalue weighted by molar-refractivity contribution is 7.13. The third-order valence-electron chi connectivity index (χ3n) is 6.47. The van der Waals surface area contributed by atoms with Crippen LogP contribution in [0.4, 0.5) is 0 Å². The third-order valence-corrected chi connectivity index (χ3v) is 7.92. The highest BCUT2D eigenvalue weighted by Gasteiger charge is 2.50. The fraction of sp³-hybridized carbons (Fsp3) is 0.750. The van der Waals surface area contributed by atoms with Gasteiger partial charge in [0.2, 0.25) is 5.91 Å². The van der Waals surface area contributed by atoms with Gasteiger partial charge in [-0.15, -0.1) is 11.3 Å². The van der Waals surface area contributed by atoms with Gasteiger partial charge >= 0.3 is 0 Å². The largest absolute Gasteiger partial charge is 0.394 e. The molecule has 3 aliphatic rings. The highest BCUT2D eigenvalue weighted by Crippen LogP contribution is 2.42. The van der Waals surface area contributed by atoms with E-state index in [0.717, 1.165) is 34.8 Å². The molecule has 3 saturated heterocycles. The van der Waals surface area contributed by atoms with Gasteiger partial charge in [0, 0.05) is 31.5 Å². The number of nitrogens with zero attached hydrogens (tertiary/aromatic N) is 3. The number of carbonyl (C=O) groups excluding carboxylic acids is 2. The van der Waals surface area contributed by atoms with Crippen molar-refractivity contribution in [3.63, 3.8) is 0 Å². The zero-order valence-corrected chi connectivity index (χ0v) is 17.2. The first kappa shape index (κ1) is 18.9. The lowest BCUT2D eigenvalue weighted by molar-refractivity contribution is -0.154. The molecule has 3 fully saturated rings. The number of likely N-dealkylation sites (tertiary alicyclic amines) is 1. The van der Waals surface area contributed by atoms with E-state index in [1.54, 1.807) is 0 Å². The van der Waals surface area contributed by atoms with Crippen molar-refractivity contribution in [2.75, 3.05) is 19.7 Å². The number of rotatable bonds is 3. The van der Waals surface area contributed by atoms with Crippen molar-refractivity contribution in [2.24, 2.45) is 11.8 Å². The van der Waals surface area contributed by atoms with Gasteiger partial charge in [0.25, 0.3) is 5.91 Å². The molecule has 0 aromatic carbocycles. The van der Waals surface area contributed by atoms with Crippen LogP contribution in [0.2, 0.25) is 0 Å². The summed E-state index contributed by atoms with van der Waals surface area (Å²) in [5.41, 5.74) is 0.817. The summed E-state index contributed by atoms with van der Waals surface area (Å²) in [6.45, 7) is 7.41. The number of hydrogen-bond acceptors (Lipinski definition) is 5. The second-order valence-corrected chi connectivity index (χ2v) is 9.63. The molecule has 1 aromatic rings. The second kappa shape index (κ2) is 7.17. The fourth-order valence-corrected chi connectivity index (χ4v) is 6.22. The minimum absolute atomic E-state index is 0.0151. The number of carbonyl (C=O) groups is 2. The number of fused-ring (bicyclic) bond motifs is 4. The number of aryl methyl sites for hydroxylation is 1. The standard InChI is InChI=1S/C20H29N3O3S/c1-11(2)19-21-12(3)18(27-19)20(26)22-8-13-7-14(9-22)16(10-24)23-15(13)5-4-6-17(23)25/h11,13-16,24H,4-10H2,1-3H3/t13-,14+,15+,16+/m1/s1. The van der Waals surface area contributed by atoms with E-state index in [-0.39, 0.29) is 36.4 Å². The van der Waals surface area contributed by atoms with Gasteiger partial charge in [0.15, 0.2) is 0 Å². The number of piperidine rings is 3. The molecule has 27 heavy (non-hydrogen) atoms. The van der Waals surface area contributed by atoms with E-state index in [0.29, 0.717) is 31.3 Å². The van der Waals surface area contributed by atoms with E-state index in [9.17, 15) is 14.7 Å². The number of aromatic nitrogens is 1. The Balaban J connectivity index is 1.59. The molecular formula is C20H29N3O3S. The van der Waals surface area contributed by atoms with E-state index >= 15 is 0 Å². The van der Waals surface area contributed by atoms with Crippen LogP contribution in [0.15, 0.2) is 0 Å². The molecule has 7 heteroatoms. The van der Waals surface area contributed by atoms with E-state index in [2.05, 4.69) is 18.8 Å². The quantitative estimate of drug-likeness (QED) is 0.859. The summed E-state index contributed by atoms with van der Waals surface area (Å²) in [5, 5.41) is 11.0. The van der Waals surface area contributed by atoms with Gasteiger partial charge in [-0.05, 0) is 38.0 Å². The first-order chi connectivity index (χ1) is 12.9. The van der Waals surface area contributed by atoms with Crippen LogP contribution in [0.3, 0.4) is 0 Å². The van der Waals surface area contributed by atoms with E-state index in [4.69, 9.17) is 0 Å². The molecule has 3 aliphatic heterocycles. The summed E-state index contributed by atoms with van der Waals surface area (Å²) in [4.78, 5) is 35.0. The number of thiazole rings is 1. The van der Waals surface area contributed by atoms with Crippen LogP contribution >= 0.6 is 11.3 Å². The average Bonchev–Trinajstić information content (AvgIpc) is 3.04. The molecule has 2 bridgehead atoms. The minimum Gasteiger partial charge on any atom is -0.394 e. The zero-order valence-electron chi connectivity index (χ0n) is 16.4. The predicted molar refractivity (Wildman–Crippen MR) is 104 cm³/mol. The maximum atomic E-state index is 13.3. The van der Waals surface area contributed by atoms with Gasteiger partial charge in [0.05, 0.1) is 23.4 Å². The predicted octanol–water partition coefficient (Wildman–Crippen LogP) is 2.41. The summed E-state index contributed by atoms with van der Waals surface area (Å²) < 4.78 is 0. The Labute approximate surface area is 164 Å². The maximum absolute atomic E-state index is 13.3. The molecule has 1 aromatic heterocycles. The summed E-state index contributed by atoms with van der Waals surface area (Å²) in [7, 11) is 0. The number of hydrogen-bond donors (Lipinski definition) is 1. The molecule has 148 valence electrons. The number of aliphatic hydroxyl groups excluding tert-OH is 1. The van der Waals surface area contributed by atoms with Gasteiger partial charge in [0.1, 0.15) is 4.88 Å². The Bertz CT molecular complexity index is 733. The third kappa shape index (κ3) is 3.18. The average molecular weight is 392 g/mol. The SMILES string of the molecule is Cc1nc(C(C)C)sc1C(=O)N1C[C@H]2C[C@@H](C1)[C@H](CO)N1C(=O)CCC[C@@H]21. The van der Waals surface area contributed by atoms with Gasteiger partial charge in [-0.3, -0.25) is 9.59 Å². The zero-order chi connectivity index (χ0) is 19.3. The Kier molecular flexibility index (Phi) is 5.01. The lowest BCUT2D eigenvalue weighted by Gasteiger charge is -2.56. The summed E-state index contributed by atoms with van der Waals surface area (Å²) >= 11 is 1.51. The van der Waals surface area contributed by atoms with Crippen LogP contribution in [0.5, 0.6) is 0 Å².